The standard InChI is InChI=1S/C18H23ClN2/c1-13(20)12-15-8-4-7-11-18(15)21(3)14(2)16-9-5-6-10-17(16)19/h4-11,13-14H,12,20H2,1-3H3. The van der Waals surface area contributed by atoms with Gasteiger partial charge in [0, 0.05) is 23.8 Å². The SMILES string of the molecule is CC(N)Cc1ccccc1N(C)C(C)c1ccccc1Cl. The first-order chi connectivity index (χ1) is 10.0. The molecule has 0 saturated carbocycles. The molecular weight excluding hydrogens is 280 g/mol. The molecule has 0 aromatic heterocycles. The van der Waals surface area contributed by atoms with Crippen molar-refractivity contribution in [3.05, 3.63) is 64.7 Å². The third kappa shape index (κ3) is 3.78. The summed E-state index contributed by atoms with van der Waals surface area (Å²) in [6.45, 7) is 4.21. The number of benzene rings is 2. The topological polar surface area (TPSA) is 29.3 Å². The summed E-state index contributed by atoms with van der Waals surface area (Å²) in [5, 5.41) is 0.807. The quantitative estimate of drug-likeness (QED) is 0.885. The minimum atomic E-state index is 0.148. The minimum absolute atomic E-state index is 0.148. The molecule has 0 saturated heterocycles. The first-order valence-corrected chi connectivity index (χ1v) is 7.69. The Hall–Kier alpha value is -1.51. The number of para-hydroxylation sites is 1. The first kappa shape index (κ1) is 15.9. The fourth-order valence-electron chi connectivity index (χ4n) is 2.61. The molecule has 0 heterocycles. The van der Waals surface area contributed by atoms with Crippen LogP contribution in [-0.4, -0.2) is 13.1 Å². The Labute approximate surface area is 132 Å². The smallest absolute Gasteiger partial charge is 0.0525 e. The van der Waals surface area contributed by atoms with E-state index in [0.29, 0.717) is 0 Å². The van der Waals surface area contributed by atoms with Gasteiger partial charge in [-0.2, -0.15) is 0 Å². The average Bonchev–Trinajstić information content (AvgIpc) is 2.46. The van der Waals surface area contributed by atoms with Crippen molar-refractivity contribution >= 4 is 17.3 Å². The Morgan fingerprint density at radius 2 is 1.67 bits per heavy atom. The van der Waals surface area contributed by atoms with Gasteiger partial charge in [-0.15, -0.1) is 0 Å². The van der Waals surface area contributed by atoms with Crippen LogP contribution in [0, 0.1) is 0 Å². The zero-order chi connectivity index (χ0) is 15.4. The van der Waals surface area contributed by atoms with Crippen LogP contribution in [0.15, 0.2) is 48.5 Å². The van der Waals surface area contributed by atoms with Gasteiger partial charge in [0.1, 0.15) is 0 Å². The van der Waals surface area contributed by atoms with Gasteiger partial charge in [-0.05, 0) is 43.5 Å². The van der Waals surface area contributed by atoms with Gasteiger partial charge in [0.2, 0.25) is 0 Å². The van der Waals surface area contributed by atoms with E-state index in [1.54, 1.807) is 0 Å². The van der Waals surface area contributed by atoms with E-state index >= 15 is 0 Å². The molecule has 2 aromatic carbocycles. The van der Waals surface area contributed by atoms with E-state index in [-0.39, 0.29) is 12.1 Å². The second-order valence-corrected chi connectivity index (χ2v) is 6.03. The lowest BCUT2D eigenvalue weighted by Crippen LogP contribution is -2.25. The van der Waals surface area contributed by atoms with Crippen molar-refractivity contribution < 1.29 is 0 Å². The molecule has 0 spiro atoms. The Kier molecular flexibility index (Phi) is 5.27. The molecule has 2 unspecified atom stereocenters. The summed E-state index contributed by atoms with van der Waals surface area (Å²) in [5.74, 6) is 0. The maximum atomic E-state index is 6.33. The van der Waals surface area contributed by atoms with Gasteiger partial charge < -0.3 is 10.6 Å². The number of halogens is 1. The van der Waals surface area contributed by atoms with Crippen LogP contribution >= 0.6 is 11.6 Å². The summed E-state index contributed by atoms with van der Waals surface area (Å²) in [7, 11) is 2.11. The van der Waals surface area contributed by atoms with E-state index in [4.69, 9.17) is 17.3 Å². The van der Waals surface area contributed by atoms with Gasteiger partial charge in [0.05, 0.1) is 6.04 Å². The number of anilines is 1. The molecule has 0 aliphatic heterocycles. The zero-order valence-electron chi connectivity index (χ0n) is 12.9. The zero-order valence-corrected chi connectivity index (χ0v) is 13.6. The summed E-state index contributed by atoms with van der Waals surface area (Å²) in [6, 6.07) is 16.8. The fraction of sp³-hybridized carbons (Fsp3) is 0.333. The van der Waals surface area contributed by atoms with Gasteiger partial charge >= 0.3 is 0 Å². The van der Waals surface area contributed by atoms with Crippen molar-refractivity contribution in [1.82, 2.24) is 0 Å². The average molecular weight is 303 g/mol. The third-order valence-corrected chi connectivity index (χ3v) is 4.19. The molecule has 21 heavy (non-hydrogen) atoms. The van der Waals surface area contributed by atoms with Crippen molar-refractivity contribution in [2.75, 3.05) is 11.9 Å². The number of rotatable bonds is 5. The van der Waals surface area contributed by atoms with Crippen LogP contribution in [0.25, 0.3) is 0 Å². The number of hydrogen-bond acceptors (Lipinski definition) is 2. The summed E-state index contributed by atoms with van der Waals surface area (Å²) >= 11 is 6.33. The van der Waals surface area contributed by atoms with E-state index in [0.717, 1.165) is 17.0 Å². The molecule has 2 rings (SSSR count). The molecule has 0 bridgehead atoms. The molecule has 3 heteroatoms. The van der Waals surface area contributed by atoms with E-state index in [1.165, 1.54) is 11.3 Å². The molecule has 0 amide bonds. The Balaban J connectivity index is 2.32. The van der Waals surface area contributed by atoms with Crippen LogP contribution < -0.4 is 10.6 Å². The maximum Gasteiger partial charge on any atom is 0.0525 e. The van der Waals surface area contributed by atoms with E-state index in [2.05, 4.69) is 49.2 Å². The molecule has 2 nitrogen and oxygen atoms in total. The molecule has 2 atom stereocenters. The van der Waals surface area contributed by atoms with Crippen molar-refractivity contribution in [2.45, 2.75) is 32.4 Å². The lowest BCUT2D eigenvalue weighted by molar-refractivity contribution is 0.710. The van der Waals surface area contributed by atoms with Crippen LogP contribution in [0.4, 0.5) is 5.69 Å². The third-order valence-electron chi connectivity index (χ3n) is 3.85. The number of nitrogens with two attached hydrogens (primary N) is 1. The summed E-state index contributed by atoms with van der Waals surface area (Å²) < 4.78 is 0. The highest BCUT2D eigenvalue weighted by Gasteiger charge is 2.17. The summed E-state index contributed by atoms with van der Waals surface area (Å²) in [4.78, 5) is 2.26. The molecule has 2 aromatic rings. The lowest BCUT2D eigenvalue weighted by Gasteiger charge is -2.30. The highest BCUT2D eigenvalue weighted by molar-refractivity contribution is 6.31. The largest absolute Gasteiger partial charge is 0.368 e. The van der Waals surface area contributed by atoms with Crippen LogP contribution in [-0.2, 0) is 6.42 Å². The highest BCUT2D eigenvalue weighted by atomic mass is 35.5. The van der Waals surface area contributed by atoms with E-state index in [1.807, 2.05) is 25.1 Å². The summed E-state index contributed by atoms with van der Waals surface area (Å²) in [5.41, 5.74) is 9.58. The van der Waals surface area contributed by atoms with Gasteiger partial charge in [-0.25, -0.2) is 0 Å². The molecule has 112 valence electrons. The molecule has 0 fully saturated rings. The summed E-state index contributed by atoms with van der Waals surface area (Å²) in [6.07, 6.45) is 0.871. The highest BCUT2D eigenvalue weighted by Crippen LogP contribution is 2.31. The second-order valence-electron chi connectivity index (χ2n) is 5.62. The molecular formula is C18H23ClN2. The lowest BCUT2D eigenvalue weighted by atomic mass is 10.0. The Bertz CT molecular complexity index is 595. The van der Waals surface area contributed by atoms with Crippen LogP contribution in [0.1, 0.15) is 31.0 Å². The van der Waals surface area contributed by atoms with Crippen molar-refractivity contribution in [3.63, 3.8) is 0 Å². The van der Waals surface area contributed by atoms with Gasteiger partial charge in [-0.1, -0.05) is 48.0 Å². The van der Waals surface area contributed by atoms with Crippen molar-refractivity contribution in [1.29, 1.82) is 0 Å². The maximum absolute atomic E-state index is 6.33. The molecule has 0 aliphatic carbocycles. The monoisotopic (exact) mass is 302 g/mol. The van der Waals surface area contributed by atoms with Gasteiger partial charge in [-0.3, -0.25) is 0 Å². The fourth-order valence-corrected chi connectivity index (χ4v) is 2.90. The molecule has 2 N–H and O–H groups in total. The van der Waals surface area contributed by atoms with Crippen LogP contribution in [0.3, 0.4) is 0 Å². The Morgan fingerprint density at radius 3 is 2.33 bits per heavy atom. The van der Waals surface area contributed by atoms with Crippen molar-refractivity contribution in [2.24, 2.45) is 5.73 Å². The van der Waals surface area contributed by atoms with Gasteiger partial charge in [0.15, 0.2) is 0 Å². The first-order valence-electron chi connectivity index (χ1n) is 7.31. The predicted molar refractivity (Wildman–Crippen MR) is 92.1 cm³/mol. The number of hydrogen-bond donors (Lipinski definition) is 1. The van der Waals surface area contributed by atoms with Gasteiger partial charge in [0.25, 0.3) is 0 Å². The predicted octanol–water partition coefficient (Wildman–Crippen LogP) is 4.43. The molecule has 0 aliphatic rings. The minimum Gasteiger partial charge on any atom is -0.368 e. The normalized spacial score (nSPS) is 13.8. The van der Waals surface area contributed by atoms with E-state index in [9.17, 15) is 0 Å². The van der Waals surface area contributed by atoms with Crippen LogP contribution in [0.5, 0.6) is 0 Å². The Morgan fingerprint density at radius 1 is 1.05 bits per heavy atom. The van der Waals surface area contributed by atoms with E-state index < -0.39 is 0 Å². The number of nitrogens with zero attached hydrogens (tertiary/aromatic N) is 1. The molecule has 0 radical (unpaired) electrons. The van der Waals surface area contributed by atoms with Crippen molar-refractivity contribution in [3.8, 4) is 0 Å². The second kappa shape index (κ2) is 6.97. The van der Waals surface area contributed by atoms with Crippen LogP contribution in [0.2, 0.25) is 5.02 Å².